The predicted octanol–water partition coefficient (Wildman–Crippen LogP) is 1.58. The monoisotopic (exact) mass is 294 g/mol. The number of benzene rings is 2. The van der Waals surface area contributed by atoms with Crippen molar-refractivity contribution in [1.82, 2.24) is 0 Å². The van der Waals surface area contributed by atoms with E-state index in [-0.39, 0.29) is 25.4 Å². The summed E-state index contributed by atoms with van der Waals surface area (Å²) in [6.45, 7) is 0. The fourth-order valence-electron chi connectivity index (χ4n) is 1.78. The molecule has 0 aliphatic carbocycles. The van der Waals surface area contributed by atoms with Gasteiger partial charge in [0.1, 0.15) is 17.3 Å². The first-order chi connectivity index (χ1) is 10.0. The second-order valence-corrected chi connectivity index (χ2v) is 4.17. The molecule has 0 spiro atoms. The van der Waals surface area contributed by atoms with Crippen LogP contribution in [0.1, 0.15) is 13.2 Å². The molecule has 0 aromatic heterocycles. The maximum Gasteiger partial charge on any atom is 0.489 e. The summed E-state index contributed by atoms with van der Waals surface area (Å²) in [5.41, 5.74) is -0.0464. The Bertz CT molecular complexity index is 669. The Morgan fingerprint density at radius 1 is 1.19 bits per heavy atom. The Kier molecular flexibility index (Phi) is 4.57. The van der Waals surface area contributed by atoms with Crippen molar-refractivity contribution in [3.63, 3.8) is 0 Å². The number of carbonyl (C=O) groups is 1. The van der Waals surface area contributed by atoms with E-state index in [1.54, 1.807) is 6.07 Å². The molecule has 7 heteroatoms. The molecule has 0 saturated heterocycles. The number of ether oxygens (including phenoxy) is 2. The highest BCUT2D eigenvalue weighted by atomic mass is 19.1. The van der Waals surface area contributed by atoms with Gasteiger partial charge >= 0.3 is 13.1 Å². The molecule has 0 aliphatic rings. The van der Waals surface area contributed by atoms with Crippen LogP contribution in [0.4, 0.5) is 4.39 Å². The van der Waals surface area contributed by atoms with Gasteiger partial charge in [-0.3, -0.25) is 0 Å². The van der Waals surface area contributed by atoms with E-state index < -0.39 is 18.9 Å². The molecule has 0 atom stereocenters. The predicted molar refractivity (Wildman–Crippen MR) is 78.3 cm³/mol. The first-order valence-electron chi connectivity index (χ1n) is 6.03. The number of hydrogen-bond donors (Lipinski definition) is 2. The van der Waals surface area contributed by atoms with Crippen LogP contribution in [0.2, 0.25) is 0 Å². The van der Waals surface area contributed by atoms with Gasteiger partial charge in [-0.1, -0.05) is 12.1 Å². The molecule has 0 fully saturated rings. The molecule has 5 nitrogen and oxygen atoms in total. The van der Waals surface area contributed by atoms with Crippen LogP contribution in [0, 0.1) is 5.82 Å². The maximum absolute atomic E-state index is 13.1. The van der Waals surface area contributed by atoms with Crippen LogP contribution in [0.5, 0.6) is 11.5 Å². The molecule has 0 aliphatic heterocycles. The fourth-order valence-corrected chi connectivity index (χ4v) is 1.78. The molecule has 21 heavy (non-hydrogen) atoms. The third-order valence-corrected chi connectivity index (χ3v) is 2.74. The zero-order valence-corrected chi connectivity index (χ0v) is 11.1. The minimum absolute atomic E-state index is 0. The molecule has 2 rings (SSSR count). The molecular formula is C14H16BFO5. The van der Waals surface area contributed by atoms with E-state index in [1.807, 2.05) is 0 Å². The first kappa shape index (κ1) is 15.0. The van der Waals surface area contributed by atoms with E-state index in [0.29, 0.717) is 0 Å². The lowest BCUT2D eigenvalue weighted by Crippen LogP contribution is -2.34. The highest BCUT2D eigenvalue weighted by Gasteiger charge is 2.21. The summed E-state index contributed by atoms with van der Waals surface area (Å²) < 4.78 is 23.1. The molecule has 112 valence electrons. The molecule has 0 unspecified atom stereocenters. The third-order valence-electron chi connectivity index (χ3n) is 2.74. The molecule has 0 amide bonds. The molecule has 2 aromatic rings. The fraction of sp³-hybridized carbons (Fsp3) is 0.0714. The summed E-state index contributed by atoms with van der Waals surface area (Å²) in [4.78, 5) is 11.6. The number of hydrogen-bond acceptors (Lipinski definition) is 5. The molecule has 2 N–H and O–H groups in total. The van der Waals surface area contributed by atoms with Gasteiger partial charge in [-0.2, -0.15) is 0 Å². The minimum Gasteiger partial charge on any atom is -0.465 e. The molecule has 0 saturated carbocycles. The van der Waals surface area contributed by atoms with Gasteiger partial charge < -0.3 is 19.5 Å². The smallest absolute Gasteiger partial charge is 0.465 e. The van der Waals surface area contributed by atoms with Crippen LogP contribution >= 0.6 is 0 Å². The summed E-state index contributed by atoms with van der Waals surface area (Å²) in [5, 5.41) is 18.4. The maximum atomic E-state index is 13.1. The Balaban J connectivity index is 0.00000242. The molecular weight excluding hydrogens is 278 g/mol. The average Bonchev–Trinajstić information content (AvgIpc) is 2.46. The summed E-state index contributed by atoms with van der Waals surface area (Å²) in [6, 6.07) is 9.56. The zero-order valence-electron chi connectivity index (χ0n) is 11.1. The zero-order chi connectivity index (χ0) is 15.4. The molecule has 0 bridgehead atoms. The Hall–Kier alpha value is -2.38. The largest absolute Gasteiger partial charge is 0.489 e. The Morgan fingerprint density at radius 2 is 1.90 bits per heavy atom. The highest BCUT2D eigenvalue weighted by molar-refractivity contribution is 6.60. The van der Waals surface area contributed by atoms with Gasteiger partial charge in [0.2, 0.25) is 0 Å². The van der Waals surface area contributed by atoms with Crippen LogP contribution in [0.25, 0.3) is 0 Å². The summed E-state index contributed by atoms with van der Waals surface area (Å²) in [7, 11) is -0.641. The van der Waals surface area contributed by atoms with Crippen molar-refractivity contribution in [2.24, 2.45) is 0 Å². The summed E-state index contributed by atoms with van der Waals surface area (Å²) in [6.07, 6.45) is 0. The SMILES string of the molecule is COC(=O)c1cc(Oc2cccc(F)c2)ccc1B(O)O.[HH].[HH]. The van der Waals surface area contributed by atoms with Gasteiger partial charge in [0, 0.05) is 8.92 Å². The second kappa shape index (κ2) is 6.38. The number of esters is 1. The van der Waals surface area contributed by atoms with Crippen LogP contribution in [-0.2, 0) is 4.74 Å². The van der Waals surface area contributed by atoms with E-state index in [2.05, 4.69) is 4.74 Å². The lowest BCUT2D eigenvalue weighted by Gasteiger charge is -2.11. The van der Waals surface area contributed by atoms with Crippen molar-refractivity contribution in [2.45, 2.75) is 0 Å². The van der Waals surface area contributed by atoms with Crippen molar-refractivity contribution < 1.29 is 31.6 Å². The minimum atomic E-state index is -1.82. The van der Waals surface area contributed by atoms with Gasteiger partial charge in [-0.25, -0.2) is 9.18 Å². The lowest BCUT2D eigenvalue weighted by molar-refractivity contribution is 0.0601. The van der Waals surface area contributed by atoms with Gasteiger partial charge in [-0.15, -0.1) is 0 Å². The van der Waals surface area contributed by atoms with E-state index in [9.17, 15) is 19.2 Å². The Morgan fingerprint density at radius 3 is 2.52 bits per heavy atom. The highest BCUT2D eigenvalue weighted by Crippen LogP contribution is 2.22. The topological polar surface area (TPSA) is 76.0 Å². The van der Waals surface area contributed by atoms with Crippen molar-refractivity contribution in [2.75, 3.05) is 7.11 Å². The molecule has 0 radical (unpaired) electrons. The van der Waals surface area contributed by atoms with Gasteiger partial charge in [-0.05, 0) is 29.7 Å². The van der Waals surface area contributed by atoms with Crippen molar-refractivity contribution in [3.05, 3.63) is 53.8 Å². The normalized spacial score (nSPS) is 10.1. The van der Waals surface area contributed by atoms with Crippen molar-refractivity contribution in [1.29, 1.82) is 0 Å². The van der Waals surface area contributed by atoms with Crippen LogP contribution in [0.15, 0.2) is 42.5 Å². The number of halogens is 1. The van der Waals surface area contributed by atoms with E-state index >= 15 is 0 Å². The average molecular weight is 294 g/mol. The Labute approximate surface area is 123 Å². The lowest BCUT2D eigenvalue weighted by atomic mass is 9.77. The van der Waals surface area contributed by atoms with Crippen molar-refractivity contribution in [3.8, 4) is 11.5 Å². The first-order valence-corrected chi connectivity index (χ1v) is 6.03. The third kappa shape index (κ3) is 3.59. The van der Waals surface area contributed by atoms with E-state index in [1.165, 1.54) is 43.5 Å². The van der Waals surface area contributed by atoms with Crippen LogP contribution < -0.4 is 10.2 Å². The summed E-state index contributed by atoms with van der Waals surface area (Å²) in [5.74, 6) is -0.695. The summed E-state index contributed by atoms with van der Waals surface area (Å²) >= 11 is 0. The van der Waals surface area contributed by atoms with E-state index in [0.717, 1.165) is 0 Å². The van der Waals surface area contributed by atoms with Crippen molar-refractivity contribution >= 4 is 18.6 Å². The molecule has 0 heterocycles. The number of carbonyl (C=O) groups excluding carboxylic acids is 1. The van der Waals surface area contributed by atoms with Gasteiger partial charge in [0.25, 0.3) is 0 Å². The number of rotatable bonds is 4. The van der Waals surface area contributed by atoms with Gasteiger partial charge in [0.05, 0.1) is 12.7 Å². The van der Waals surface area contributed by atoms with E-state index in [4.69, 9.17) is 4.74 Å². The van der Waals surface area contributed by atoms with Crippen LogP contribution in [-0.4, -0.2) is 30.2 Å². The second-order valence-electron chi connectivity index (χ2n) is 4.17. The van der Waals surface area contributed by atoms with Crippen LogP contribution in [0.3, 0.4) is 0 Å². The standard InChI is InChI=1S/C14H12BFO5.2H2/c1-20-14(17)12-8-11(5-6-13(12)15(18)19)21-10-4-2-3-9(16)7-10;;/h2-8,18-19H,1H3;2*1H. The molecule has 2 aromatic carbocycles. The number of methoxy groups -OCH3 is 1. The van der Waals surface area contributed by atoms with Gasteiger partial charge in [0.15, 0.2) is 0 Å². The quantitative estimate of drug-likeness (QED) is 0.661.